The summed E-state index contributed by atoms with van der Waals surface area (Å²) >= 11 is 7.42. The molecular weight excluding hydrogens is 376 g/mol. The van der Waals surface area contributed by atoms with Gasteiger partial charge in [0, 0.05) is 21.9 Å². The highest BCUT2D eigenvalue weighted by atomic mass is 35.5. The predicted molar refractivity (Wildman–Crippen MR) is 98.5 cm³/mol. The van der Waals surface area contributed by atoms with Crippen LogP contribution in [0.4, 0.5) is 5.69 Å². The lowest BCUT2D eigenvalue weighted by atomic mass is 10.2. The highest BCUT2D eigenvalue weighted by Gasteiger charge is 2.15. The van der Waals surface area contributed by atoms with E-state index in [-0.39, 0.29) is 23.2 Å². The van der Waals surface area contributed by atoms with Crippen LogP contribution in [0.25, 0.3) is 0 Å². The number of rotatable bonds is 6. The molecule has 1 amide bonds. The lowest BCUT2D eigenvalue weighted by Crippen LogP contribution is -2.23. The van der Waals surface area contributed by atoms with Crippen LogP contribution < -0.4 is 5.32 Å². The molecule has 0 bridgehead atoms. The summed E-state index contributed by atoms with van der Waals surface area (Å²) in [7, 11) is 0. The normalized spacial score (nSPS) is 10.5. The molecule has 1 heterocycles. The zero-order valence-corrected chi connectivity index (χ0v) is 14.9. The van der Waals surface area contributed by atoms with Gasteiger partial charge in [-0.2, -0.15) is 0 Å². The van der Waals surface area contributed by atoms with Gasteiger partial charge < -0.3 is 9.73 Å². The zero-order valence-electron chi connectivity index (χ0n) is 13.3. The molecule has 0 spiro atoms. The van der Waals surface area contributed by atoms with Crippen LogP contribution in [-0.4, -0.2) is 10.8 Å². The maximum atomic E-state index is 12.5. The van der Waals surface area contributed by atoms with Crippen LogP contribution >= 0.6 is 23.4 Å². The molecule has 6 nitrogen and oxygen atoms in total. The van der Waals surface area contributed by atoms with Gasteiger partial charge in [0.2, 0.25) is 0 Å². The van der Waals surface area contributed by atoms with E-state index in [9.17, 15) is 14.9 Å². The Morgan fingerprint density at radius 1 is 1.15 bits per heavy atom. The van der Waals surface area contributed by atoms with E-state index in [2.05, 4.69) is 5.32 Å². The number of carbonyl (C=O) groups is 1. The predicted octanol–water partition coefficient (Wildman–Crippen LogP) is 4.92. The first-order valence-corrected chi connectivity index (χ1v) is 8.75. The fraction of sp³-hybridized carbons (Fsp3) is 0.0556. The van der Waals surface area contributed by atoms with E-state index < -0.39 is 4.92 Å². The summed E-state index contributed by atoms with van der Waals surface area (Å²) in [6.07, 6.45) is 1.54. The van der Waals surface area contributed by atoms with Gasteiger partial charge in [0.25, 0.3) is 11.6 Å². The number of halogens is 1. The summed E-state index contributed by atoms with van der Waals surface area (Å²) in [4.78, 5) is 24.1. The van der Waals surface area contributed by atoms with E-state index >= 15 is 0 Å². The van der Waals surface area contributed by atoms with Crippen molar-refractivity contribution in [2.24, 2.45) is 0 Å². The monoisotopic (exact) mass is 388 g/mol. The molecule has 0 aliphatic heterocycles. The number of hydrogen-bond acceptors (Lipinski definition) is 5. The molecule has 0 fully saturated rings. The number of nitrogens with one attached hydrogen (secondary N) is 1. The molecular formula is C18H13ClN2O4S. The van der Waals surface area contributed by atoms with Gasteiger partial charge in [0.1, 0.15) is 5.76 Å². The molecule has 0 saturated heterocycles. The SMILES string of the molecule is O=C(NCc1ccco1)c1ccccc1Sc1ccc([N+](=O)[O-])cc1Cl. The number of carbonyl (C=O) groups excluding carboxylic acids is 1. The quantitative estimate of drug-likeness (QED) is 0.478. The maximum Gasteiger partial charge on any atom is 0.270 e. The Hall–Kier alpha value is -2.77. The summed E-state index contributed by atoms with van der Waals surface area (Å²) in [6.45, 7) is 0.281. The number of nitro benzene ring substituents is 1. The largest absolute Gasteiger partial charge is 0.467 e. The summed E-state index contributed by atoms with van der Waals surface area (Å²) < 4.78 is 5.20. The van der Waals surface area contributed by atoms with Gasteiger partial charge in [-0.05, 0) is 30.3 Å². The number of benzene rings is 2. The second-order valence-corrected chi connectivity index (χ2v) is 6.72. The lowest BCUT2D eigenvalue weighted by molar-refractivity contribution is -0.384. The summed E-state index contributed by atoms with van der Waals surface area (Å²) in [5.41, 5.74) is 0.405. The van der Waals surface area contributed by atoms with Crippen LogP contribution in [0, 0.1) is 10.1 Å². The van der Waals surface area contributed by atoms with E-state index in [4.69, 9.17) is 16.0 Å². The van der Waals surface area contributed by atoms with Gasteiger partial charge in [-0.25, -0.2) is 0 Å². The summed E-state index contributed by atoms with van der Waals surface area (Å²) in [6, 6.07) is 14.9. The molecule has 3 rings (SSSR count). The maximum absolute atomic E-state index is 12.5. The summed E-state index contributed by atoms with van der Waals surface area (Å²) in [5.74, 6) is 0.407. The van der Waals surface area contributed by atoms with Crippen LogP contribution in [0.5, 0.6) is 0 Å². The van der Waals surface area contributed by atoms with E-state index in [1.807, 2.05) is 6.07 Å². The van der Waals surface area contributed by atoms with Crippen molar-refractivity contribution in [1.29, 1.82) is 0 Å². The average molecular weight is 389 g/mol. The topological polar surface area (TPSA) is 85.4 Å². The van der Waals surface area contributed by atoms with Crippen molar-refractivity contribution in [3.05, 3.63) is 87.3 Å². The summed E-state index contributed by atoms with van der Waals surface area (Å²) in [5, 5.41) is 13.9. The number of furan rings is 1. The molecule has 0 saturated carbocycles. The minimum atomic E-state index is -0.504. The van der Waals surface area contributed by atoms with Gasteiger partial charge in [-0.3, -0.25) is 14.9 Å². The van der Waals surface area contributed by atoms with Crippen molar-refractivity contribution in [1.82, 2.24) is 5.32 Å². The molecule has 1 aromatic heterocycles. The molecule has 26 heavy (non-hydrogen) atoms. The number of non-ortho nitro benzene ring substituents is 1. The number of hydrogen-bond donors (Lipinski definition) is 1. The minimum Gasteiger partial charge on any atom is -0.467 e. The van der Waals surface area contributed by atoms with Crippen LogP contribution in [0.15, 0.2) is 75.1 Å². The number of amides is 1. The molecule has 132 valence electrons. The van der Waals surface area contributed by atoms with Crippen LogP contribution in [0.3, 0.4) is 0 Å². The Balaban J connectivity index is 1.78. The third kappa shape index (κ3) is 4.25. The van der Waals surface area contributed by atoms with Crippen molar-refractivity contribution in [3.63, 3.8) is 0 Å². The van der Waals surface area contributed by atoms with Gasteiger partial charge >= 0.3 is 0 Å². The Morgan fingerprint density at radius 2 is 1.96 bits per heavy atom. The number of nitrogens with zero attached hydrogens (tertiary/aromatic N) is 1. The van der Waals surface area contributed by atoms with Crippen molar-refractivity contribution < 1.29 is 14.1 Å². The van der Waals surface area contributed by atoms with E-state index in [0.29, 0.717) is 21.1 Å². The Labute approximate surface area is 158 Å². The van der Waals surface area contributed by atoms with Crippen molar-refractivity contribution in [2.75, 3.05) is 0 Å². The van der Waals surface area contributed by atoms with Gasteiger partial charge in [-0.1, -0.05) is 35.5 Å². The first kappa shape index (κ1) is 18.0. The second kappa shape index (κ2) is 8.07. The highest BCUT2D eigenvalue weighted by molar-refractivity contribution is 7.99. The second-order valence-electron chi connectivity index (χ2n) is 5.23. The standard InChI is InChI=1S/C18H13ClN2O4S/c19-15-10-12(21(23)24)7-8-17(15)26-16-6-2-1-5-14(16)18(22)20-11-13-4-3-9-25-13/h1-10H,11H2,(H,20,22). The molecule has 0 radical (unpaired) electrons. The van der Waals surface area contributed by atoms with Crippen LogP contribution in [-0.2, 0) is 6.54 Å². The molecule has 3 aromatic rings. The van der Waals surface area contributed by atoms with Crippen molar-refractivity contribution in [2.45, 2.75) is 16.3 Å². The van der Waals surface area contributed by atoms with Crippen LogP contribution in [0.2, 0.25) is 5.02 Å². The van der Waals surface area contributed by atoms with E-state index in [0.717, 1.165) is 0 Å². The molecule has 0 atom stereocenters. The third-order valence-electron chi connectivity index (χ3n) is 3.48. The van der Waals surface area contributed by atoms with Gasteiger partial charge in [-0.15, -0.1) is 0 Å². The minimum absolute atomic E-state index is 0.0798. The molecule has 0 unspecified atom stereocenters. The van der Waals surface area contributed by atoms with Crippen molar-refractivity contribution in [3.8, 4) is 0 Å². The molecule has 1 N–H and O–H groups in total. The van der Waals surface area contributed by atoms with Gasteiger partial charge in [0.15, 0.2) is 0 Å². The first-order chi connectivity index (χ1) is 12.5. The van der Waals surface area contributed by atoms with E-state index in [1.165, 1.54) is 23.9 Å². The highest BCUT2D eigenvalue weighted by Crippen LogP contribution is 2.36. The van der Waals surface area contributed by atoms with E-state index in [1.54, 1.807) is 42.7 Å². The van der Waals surface area contributed by atoms with Crippen LogP contribution in [0.1, 0.15) is 16.1 Å². The fourth-order valence-corrected chi connectivity index (χ4v) is 3.46. The Kier molecular flexibility index (Phi) is 5.60. The fourth-order valence-electron chi connectivity index (χ4n) is 2.22. The zero-order chi connectivity index (χ0) is 18.5. The lowest BCUT2D eigenvalue weighted by Gasteiger charge is -2.10. The smallest absolute Gasteiger partial charge is 0.270 e. The third-order valence-corrected chi connectivity index (χ3v) is 5.06. The Bertz CT molecular complexity index is 944. The Morgan fingerprint density at radius 3 is 2.65 bits per heavy atom. The molecule has 0 aliphatic rings. The molecule has 2 aromatic carbocycles. The van der Waals surface area contributed by atoms with Gasteiger partial charge in [0.05, 0.1) is 28.3 Å². The number of nitro groups is 1. The molecule has 0 aliphatic carbocycles. The average Bonchev–Trinajstić information content (AvgIpc) is 3.15. The first-order valence-electron chi connectivity index (χ1n) is 7.56. The molecule has 8 heteroatoms. The van der Waals surface area contributed by atoms with Crippen molar-refractivity contribution >= 4 is 35.0 Å².